The van der Waals surface area contributed by atoms with E-state index >= 15 is 0 Å². The number of benzene rings is 1. The molecule has 20 heavy (non-hydrogen) atoms. The van der Waals surface area contributed by atoms with E-state index in [2.05, 4.69) is 10.1 Å². The number of hydrogen-bond acceptors (Lipinski definition) is 4. The Balaban J connectivity index is 2.19. The molecule has 0 radical (unpaired) electrons. The fraction of sp³-hybridized carbons (Fsp3) is 0. The monoisotopic (exact) mass is 267 g/mol. The van der Waals surface area contributed by atoms with Gasteiger partial charge in [0.2, 0.25) is 0 Å². The van der Waals surface area contributed by atoms with Gasteiger partial charge in [0.15, 0.2) is 5.65 Å². The van der Waals surface area contributed by atoms with Crippen molar-refractivity contribution in [3.63, 3.8) is 0 Å². The lowest BCUT2D eigenvalue weighted by molar-refractivity contribution is 0.0698. The number of aldehydes is 1. The van der Waals surface area contributed by atoms with E-state index in [1.807, 2.05) is 0 Å². The molecular weight excluding hydrogens is 258 g/mol. The third kappa shape index (κ3) is 1.93. The molecule has 2 heterocycles. The first kappa shape index (κ1) is 12.0. The van der Waals surface area contributed by atoms with Crippen LogP contribution in [0.4, 0.5) is 0 Å². The Morgan fingerprint density at radius 2 is 1.95 bits per heavy atom. The fourth-order valence-corrected chi connectivity index (χ4v) is 2.00. The van der Waals surface area contributed by atoms with E-state index in [1.54, 1.807) is 36.5 Å². The highest BCUT2D eigenvalue weighted by Gasteiger charge is 2.13. The van der Waals surface area contributed by atoms with Crippen LogP contribution in [-0.2, 0) is 0 Å². The molecule has 1 N–H and O–H groups in total. The van der Waals surface area contributed by atoms with Crippen molar-refractivity contribution in [1.29, 1.82) is 0 Å². The topological polar surface area (TPSA) is 84.6 Å². The summed E-state index contributed by atoms with van der Waals surface area (Å²) in [5.74, 6) is -1.06. The van der Waals surface area contributed by atoms with Crippen LogP contribution >= 0.6 is 0 Å². The molecule has 0 saturated carbocycles. The standard InChI is InChI=1S/C14H9N3O3/c18-7-9-1-3-10(4-2-9)11-5-12(14(19)20)13-15-8-16-17(13)6-11/h1-8H,(H,19,20). The van der Waals surface area contributed by atoms with Gasteiger partial charge < -0.3 is 5.11 Å². The lowest BCUT2D eigenvalue weighted by atomic mass is 10.0. The Morgan fingerprint density at radius 1 is 1.20 bits per heavy atom. The number of aromatic carboxylic acids is 1. The second kappa shape index (κ2) is 4.58. The van der Waals surface area contributed by atoms with Gasteiger partial charge in [-0.1, -0.05) is 24.3 Å². The van der Waals surface area contributed by atoms with Gasteiger partial charge in [0.1, 0.15) is 18.2 Å². The number of nitrogens with zero attached hydrogens (tertiary/aromatic N) is 3. The van der Waals surface area contributed by atoms with Crippen molar-refractivity contribution >= 4 is 17.9 Å². The average molecular weight is 267 g/mol. The summed E-state index contributed by atoms with van der Waals surface area (Å²) in [6.07, 6.45) is 3.76. The summed E-state index contributed by atoms with van der Waals surface area (Å²) >= 11 is 0. The number of aromatic nitrogens is 3. The molecule has 0 amide bonds. The summed E-state index contributed by atoms with van der Waals surface area (Å²) in [5.41, 5.74) is 2.44. The van der Waals surface area contributed by atoms with E-state index in [9.17, 15) is 14.7 Å². The Bertz CT molecular complexity index is 806. The number of pyridine rings is 1. The van der Waals surface area contributed by atoms with E-state index in [0.29, 0.717) is 16.8 Å². The first-order valence-electron chi connectivity index (χ1n) is 5.81. The number of fused-ring (bicyclic) bond motifs is 1. The molecule has 0 aliphatic carbocycles. The van der Waals surface area contributed by atoms with Gasteiger partial charge in [-0.3, -0.25) is 4.79 Å². The zero-order valence-corrected chi connectivity index (χ0v) is 10.2. The predicted octanol–water partition coefficient (Wildman–Crippen LogP) is 1.91. The SMILES string of the molecule is O=Cc1ccc(-c2cc(C(=O)O)c3ncnn3c2)cc1. The molecule has 3 aromatic rings. The molecule has 6 nitrogen and oxygen atoms in total. The lowest BCUT2D eigenvalue weighted by Gasteiger charge is -2.05. The summed E-state index contributed by atoms with van der Waals surface area (Å²) in [6.45, 7) is 0. The summed E-state index contributed by atoms with van der Waals surface area (Å²) in [5, 5.41) is 13.2. The molecule has 6 heteroatoms. The van der Waals surface area contributed by atoms with Crippen molar-refractivity contribution in [2.24, 2.45) is 0 Å². The van der Waals surface area contributed by atoms with Gasteiger partial charge in [0.05, 0.1) is 0 Å². The van der Waals surface area contributed by atoms with E-state index in [1.165, 1.54) is 10.8 Å². The van der Waals surface area contributed by atoms with Crippen LogP contribution in [0.3, 0.4) is 0 Å². The molecule has 0 aliphatic rings. The Kier molecular flexibility index (Phi) is 2.76. The van der Waals surface area contributed by atoms with Crippen LogP contribution in [0.2, 0.25) is 0 Å². The number of hydrogen-bond donors (Lipinski definition) is 1. The van der Waals surface area contributed by atoms with Crippen LogP contribution in [0, 0.1) is 0 Å². The molecule has 0 atom stereocenters. The van der Waals surface area contributed by atoms with Gasteiger partial charge >= 0.3 is 5.97 Å². The first-order valence-corrected chi connectivity index (χ1v) is 5.81. The van der Waals surface area contributed by atoms with E-state index in [0.717, 1.165) is 11.8 Å². The molecule has 1 aromatic carbocycles. The predicted molar refractivity (Wildman–Crippen MR) is 70.8 cm³/mol. The first-order chi connectivity index (χ1) is 9.69. The Labute approximate surface area is 113 Å². The van der Waals surface area contributed by atoms with Gasteiger partial charge in [-0.2, -0.15) is 5.10 Å². The van der Waals surface area contributed by atoms with Gasteiger partial charge in [0.25, 0.3) is 0 Å². The summed E-state index contributed by atoms with van der Waals surface area (Å²) in [7, 11) is 0. The van der Waals surface area contributed by atoms with Crippen LogP contribution in [0.5, 0.6) is 0 Å². The smallest absolute Gasteiger partial charge is 0.339 e. The normalized spacial score (nSPS) is 10.6. The van der Waals surface area contributed by atoms with Crippen molar-refractivity contribution in [3.8, 4) is 11.1 Å². The maximum Gasteiger partial charge on any atom is 0.339 e. The molecular formula is C14H9N3O3. The number of carbonyl (C=O) groups is 2. The Hall–Kier alpha value is -3.02. The molecule has 0 saturated heterocycles. The molecule has 0 fully saturated rings. The van der Waals surface area contributed by atoms with Crippen molar-refractivity contribution in [1.82, 2.24) is 14.6 Å². The highest BCUT2D eigenvalue weighted by molar-refractivity contribution is 5.95. The third-order valence-corrected chi connectivity index (χ3v) is 2.99. The second-order valence-electron chi connectivity index (χ2n) is 4.22. The lowest BCUT2D eigenvalue weighted by Crippen LogP contribution is -2.02. The molecule has 0 spiro atoms. The van der Waals surface area contributed by atoms with Crippen molar-refractivity contribution in [3.05, 3.63) is 54.0 Å². The van der Waals surface area contributed by atoms with Crippen LogP contribution in [-0.4, -0.2) is 32.0 Å². The molecule has 2 aromatic heterocycles. The van der Waals surface area contributed by atoms with Gasteiger partial charge in [-0.25, -0.2) is 14.3 Å². The molecule has 98 valence electrons. The van der Waals surface area contributed by atoms with E-state index < -0.39 is 5.97 Å². The number of carboxylic acid groups (broad SMARTS) is 1. The van der Waals surface area contributed by atoms with Crippen LogP contribution < -0.4 is 0 Å². The van der Waals surface area contributed by atoms with Crippen LogP contribution in [0.15, 0.2) is 42.9 Å². The van der Waals surface area contributed by atoms with Gasteiger partial charge in [-0.05, 0) is 11.6 Å². The summed E-state index contributed by atoms with van der Waals surface area (Å²) in [4.78, 5) is 25.8. The third-order valence-electron chi connectivity index (χ3n) is 2.99. The summed E-state index contributed by atoms with van der Waals surface area (Å²) < 4.78 is 1.42. The molecule has 0 unspecified atom stereocenters. The fourth-order valence-electron chi connectivity index (χ4n) is 2.00. The highest BCUT2D eigenvalue weighted by Crippen LogP contribution is 2.22. The van der Waals surface area contributed by atoms with Crippen LogP contribution in [0.25, 0.3) is 16.8 Å². The molecule has 0 bridgehead atoms. The maximum absolute atomic E-state index is 11.3. The van der Waals surface area contributed by atoms with E-state index in [-0.39, 0.29) is 5.56 Å². The minimum absolute atomic E-state index is 0.0828. The number of carboxylic acids is 1. The second-order valence-corrected chi connectivity index (χ2v) is 4.22. The van der Waals surface area contributed by atoms with Crippen molar-refractivity contribution < 1.29 is 14.7 Å². The Morgan fingerprint density at radius 3 is 2.60 bits per heavy atom. The zero-order chi connectivity index (χ0) is 14.1. The maximum atomic E-state index is 11.3. The summed E-state index contributed by atoms with van der Waals surface area (Å²) in [6, 6.07) is 8.41. The van der Waals surface area contributed by atoms with E-state index in [4.69, 9.17) is 0 Å². The molecule has 3 rings (SSSR count). The van der Waals surface area contributed by atoms with Crippen molar-refractivity contribution in [2.75, 3.05) is 0 Å². The minimum atomic E-state index is -1.06. The van der Waals surface area contributed by atoms with Crippen molar-refractivity contribution in [2.45, 2.75) is 0 Å². The quantitative estimate of drug-likeness (QED) is 0.733. The molecule has 0 aliphatic heterocycles. The van der Waals surface area contributed by atoms with Gasteiger partial charge in [0, 0.05) is 17.3 Å². The van der Waals surface area contributed by atoms with Gasteiger partial charge in [-0.15, -0.1) is 0 Å². The van der Waals surface area contributed by atoms with Crippen LogP contribution in [0.1, 0.15) is 20.7 Å². The average Bonchev–Trinajstić information content (AvgIpc) is 2.94. The largest absolute Gasteiger partial charge is 0.478 e. The number of carbonyl (C=O) groups excluding carboxylic acids is 1. The highest BCUT2D eigenvalue weighted by atomic mass is 16.4. The minimum Gasteiger partial charge on any atom is -0.478 e. The number of rotatable bonds is 3. The zero-order valence-electron chi connectivity index (χ0n) is 10.2.